The van der Waals surface area contributed by atoms with E-state index in [9.17, 15) is 0 Å². The number of unbranched alkanes of at least 4 members (excludes halogenated alkanes) is 4. The summed E-state index contributed by atoms with van der Waals surface area (Å²) in [5.41, 5.74) is 3.12. The van der Waals surface area contributed by atoms with Crippen molar-refractivity contribution in [2.45, 2.75) is 90.9 Å². The molecular weight excluding hydrogens is 304 g/mol. The predicted octanol–water partition coefficient (Wildman–Crippen LogP) is 7.50. The molecule has 0 saturated heterocycles. The maximum Gasteiger partial charge on any atom is 0.119 e. The molecule has 1 nitrogen and oxygen atoms in total. The van der Waals surface area contributed by atoms with Gasteiger partial charge in [0.2, 0.25) is 0 Å². The van der Waals surface area contributed by atoms with Crippen molar-refractivity contribution in [3.05, 3.63) is 41.5 Å². The minimum absolute atomic E-state index is 0.812. The van der Waals surface area contributed by atoms with E-state index in [4.69, 9.17) is 4.74 Å². The van der Waals surface area contributed by atoms with Gasteiger partial charge in [-0.05, 0) is 62.1 Å². The van der Waals surface area contributed by atoms with Crippen LogP contribution in [0.5, 0.6) is 5.75 Å². The highest BCUT2D eigenvalue weighted by Crippen LogP contribution is 2.30. The van der Waals surface area contributed by atoms with Gasteiger partial charge in [-0.3, -0.25) is 0 Å². The molecule has 2 rings (SSSR count). The second-order valence-electron chi connectivity index (χ2n) is 7.70. The molecular formula is C24H38O. The maximum atomic E-state index is 5.66. The van der Waals surface area contributed by atoms with Gasteiger partial charge in [0.05, 0.1) is 6.61 Å². The van der Waals surface area contributed by atoms with Crippen molar-refractivity contribution < 1.29 is 4.74 Å². The molecule has 1 heteroatoms. The van der Waals surface area contributed by atoms with E-state index in [0.29, 0.717) is 0 Å². The van der Waals surface area contributed by atoms with Gasteiger partial charge in [-0.25, -0.2) is 0 Å². The number of benzene rings is 1. The van der Waals surface area contributed by atoms with E-state index in [-0.39, 0.29) is 0 Å². The molecule has 1 aliphatic rings. The first kappa shape index (κ1) is 20.1. The van der Waals surface area contributed by atoms with Gasteiger partial charge in [0.1, 0.15) is 5.75 Å². The van der Waals surface area contributed by atoms with Crippen LogP contribution in [0.2, 0.25) is 0 Å². The Labute approximate surface area is 155 Å². The zero-order chi connectivity index (χ0) is 17.7. The molecule has 0 aliphatic heterocycles. The third-order valence-corrected chi connectivity index (χ3v) is 5.46. The van der Waals surface area contributed by atoms with Crippen LogP contribution < -0.4 is 4.74 Å². The van der Waals surface area contributed by atoms with Crippen LogP contribution in [0, 0.1) is 5.92 Å². The molecule has 0 saturated carbocycles. The van der Waals surface area contributed by atoms with Gasteiger partial charge in [0.15, 0.2) is 0 Å². The lowest BCUT2D eigenvalue weighted by Crippen LogP contribution is -2.06. The summed E-state index contributed by atoms with van der Waals surface area (Å²) in [4.78, 5) is 0. The summed E-state index contributed by atoms with van der Waals surface area (Å²) in [6.45, 7) is 5.25. The summed E-state index contributed by atoms with van der Waals surface area (Å²) in [6.07, 6.45) is 18.6. The number of aryl methyl sites for hydroxylation is 1. The normalized spacial score (nSPS) is 17.4. The zero-order valence-corrected chi connectivity index (χ0v) is 16.6. The van der Waals surface area contributed by atoms with Crippen LogP contribution in [0.4, 0.5) is 0 Å². The molecule has 0 heterocycles. The third kappa shape index (κ3) is 8.12. The van der Waals surface area contributed by atoms with E-state index < -0.39 is 0 Å². The lowest BCUT2D eigenvalue weighted by molar-refractivity contribution is 0.317. The van der Waals surface area contributed by atoms with E-state index in [1.807, 2.05) is 0 Å². The van der Waals surface area contributed by atoms with Crippen molar-refractivity contribution in [3.63, 3.8) is 0 Å². The molecule has 140 valence electrons. The van der Waals surface area contributed by atoms with Gasteiger partial charge < -0.3 is 4.74 Å². The monoisotopic (exact) mass is 342 g/mol. The molecule has 1 unspecified atom stereocenters. The van der Waals surface area contributed by atoms with Crippen molar-refractivity contribution >= 4 is 0 Å². The number of hydrogen-bond donors (Lipinski definition) is 0. The smallest absolute Gasteiger partial charge is 0.119 e. The fourth-order valence-corrected chi connectivity index (χ4v) is 3.75. The second-order valence-corrected chi connectivity index (χ2v) is 7.70. The largest absolute Gasteiger partial charge is 0.494 e. The van der Waals surface area contributed by atoms with E-state index in [1.165, 1.54) is 76.2 Å². The number of hydrogen-bond acceptors (Lipinski definition) is 1. The van der Waals surface area contributed by atoms with Gasteiger partial charge >= 0.3 is 0 Å². The highest BCUT2D eigenvalue weighted by molar-refractivity contribution is 5.28. The van der Waals surface area contributed by atoms with Crippen LogP contribution in [0.15, 0.2) is 35.9 Å². The first-order valence-electron chi connectivity index (χ1n) is 10.7. The fourth-order valence-electron chi connectivity index (χ4n) is 3.75. The Hall–Kier alpha value is -1.24. The summed E-state index contributed by atoms with van der Waals surface area (Å²) < 4.78 is 5.66. The molecule has 0 bridgehead atoms. The van der Waals surface area contributed by atoms with Gasteiger partial charge in [0.25, 0.3) is 0 Å². The molecule has 0 amide bonds. The zero-order valence-electron chi connectivity index (χ0n) is 16.6. The fraction of sp³-hybridized carbons (Fsp3) is 0.667. The van der Waals surface area contributed by atoms with Crippen LogP contribution in [0.25, 0.3) is 0 Å². The Balaban J connectivity index is 1.63. The van der Waals surface area contributed by atoms with Gasteiger partial charge in [0, 0.05) is 0 Å². The summed E-state index contributed by atoms with van der Waals surface area (Å²) in [5, 5.41) is 0. The van der Waals surface area contributed by atoms with Crippen LogP contribution in [-0.2, 0) is 6.42 Å². The second kappa shape index (κ2) is 12.2. The van der Waals surface area contributed by atoms with E-state index in [0.717, 1.165) is 24.7 Å². The number of allylic oxidation sites excluding steroid dienone is 2. The van der Waals surface area contributed by atoms with E-state index in [2.05, 4.69) is 44.2 Å². The summed E-state index contributed by atoms with van der Waals surface area (Å²) in [6, 6.07) is 8.70. The molecule has 0 radical (unpaired) electrons. The average molecular weight is 343 g/mol. The molecule has 0 aromatic heterocycles. The molecule has 1 aromatic rings. The Morgan fingerprint density at radius 1 is 0.920 bits per heavy atom. The first-order chi connectivity index (χ1) is 12.3. The van der Waals surface area contributed by atoms with E-state index >= 15 is 0 Å². The molecule has 0 N–H and O–H groups in total. The minimum atomic E-state index is 0.812. The van der Waals surface area contributed by atoms with Crippen LogP contribution >= 0.6 is 0 Å². The average Bonchev–Trinajstić information content (AvgIpc) is 2.66. The summed E-state index contributed by atoms with van der Waals surface area (Å²) >= 11 is 0. The maximum absolute atomic E-state index is 5.66. The Kier molecular flexibility index (Phi) is 9.77. The van der Waals surface area contributed by atoms with Gasteiger partial charge in [-0.15, -0.1) is 0 Å². The summed E-state index contributed by atoms with van der Waals surface area (Å²) in [7, 11) is 0. The molecule has 0 fully saturated rings. The van der Waals surface area contributed by atoms with Crippen LogP contribution in [0.1, 0.15) is 90.0 Å². The highest BCUT2D eigenvalue weighted by Gasteiger charge is 2.14. The minimum Gasteiger partial charge on any atom is -0.494 e. The Morgan fingerprint density at radius 3 is 2.40 bits per heavy atom. The van der Waals surface area contributed by atoms with Crippen LogP contribution in [-0.4, -0.2) is 6.61 Å². The van der Waals surface area contributed by atoms with E-state index in [1.54, 1.807) is 5.57 Å². The Bertz CT molecular complexity index is 485. The topological polar surface area (TPSA) is 9.23 Å². The number of rotatable bonds is 12. The molecule has 1 aromatic carbocycles. The molecule has 25 heavy (non-hydrogen) atoms. The standard InChI is InChI=1S/C24H38O/c1-3-5-6-7-8-9-21-10-12-22(13-11-21)14-15-23-16-18-24(19-17-23)25-20-4-2/h12,16-19,21H,3-11,13-15,20H2,1-2H3. The third-order valence-electron chi connectivity index (χ3n) is 5.46. The SMILES string of the molecule is CCCCCCCC1CC=C(CCc2ccc(OCCC)cc2)CC1. The van der Waals surface area contributed by atoms with Crippen molar-refractivity contribution in [2.75, 3.05) is 6.61 Å². The van der Waals surface area contributed by atoms with Crippen molar-refractivity contribution in [2.24, 2.45) is 5.92 Å². The number of ether oxygens (including phenoxy) is 1. The van der Waals surface area contributed by atoms with Crippen LogP contribution in [0.3, 0.4) is 0 Å². The highest BCUT2D eigenvalue weighted by atomic mass is 16.5. The van der Waals surface area contributed by atoms with Gasteiger partial charge in [-0.2, -0.15) is 0 Å². The lowest BCUT2D eigenvalue weighted by atomic mass is 9.84. The Morgan fingerprint density at radius 2 is 1.72 bits per heavy atom. The predicted molar refractivity (Wildman–Crippen MR) is 109 cm³/mol. The van der Waals surface area contributed by atoms with Crippen molar-refractivity contribution in [1.82, 2.24) is 0 Å². The summed E-state index contributed by atoms with van der Waals surface area (Å²) in [5.74, 6) is 1.96. The quantitative estimate of drug-likeness (QED) is 0.282. The molecule has 1 aliphatic carbocycles. The van der Waals surface area contributed by atoms with Crippen molar-refractivity contribution in [3.8, 4) is 5.75 Å². The lowest BCUT2D eigenvalue weighted by Gasteiger charge is -2.22. The molecule has 0 spiro atoms. The molecule has 1 atom stereocenters. The first-order valence-corrected chi connectivity index (χ1v) is 10.7. The van der Waals surface area contributed by atoms with Crippen molar-refractivity contribution in [1.29, 1.82) is 0 Å². The van der Waals surface area contributed by atoms with Gasteiger partial charge in [-0.1, -0.05) is 76.2 Å².